The summed E-state index contributed by atoms with van der Waals surface area (Å²) >= 11 is 0. The van der Waals surface area contributed by atoms with Crippen LogP contribution in [0.25, 0.3) is 11.3 Å². The van der Waals surface area contributed by atoms with Crippen molar-refractivity contribution in [1.82, 2.24) is 9.97 Å². The lowest BCUT2D eigenvalue weighted by Crippen LogP contribution is -2.31. The summed E-state index contributed by atoms with van der Waals surface area (Å²) in [4.78, 5) is 11.6. The maximum absolute atomic E-state index is 5.69. The molecule has 0 bridgehead atoms. The summed E-state index contributed by atoms with van der Waals surface area (Å²) in [6, 6.07) is 16.5. The third-order valence-electron chi connectivity index (χ3n) is 4.89. The second kappa shape index (κ2) is 6.33. The van der Waals surface area contributed by atoms with Crippen LogP contribution in [-0.4, -0.2) is 29.7 Å². The van der Waals surface area contributed by atoms with Crippen molar-refractivity contribution in [2.24, 2.45) is 0 Å². The number of ether oxygens (including phenoxy) is 2. The summed E-state index contributed by atoms with van der Waals surface area (Å²) in [7, 11) is 0. The maximum Gasteiger partial charge on any atom is 0.226 e. The normalized spacial score (nSPS) is 15.5. The Morgan fingerprint density at radius 1 is 0.885 bits per heavy atom. The van der Waals surface area contributed by atoms with Crippen LogP contribution in [0.15, 0.2) is 54.7 Å². The van der Waals surface area contributed by atoms with E-state index >= 15 is 0 Å². The van der Waals surface area contributed by atoms with Gasteiger partial charge in [0.15, 0.2) is 11.5 Å². The molecule has 0 amide bonds. The molecule has 5 rings (SSSR count). The molecule has 26 heavy (non-hydrogen) atoms. The summed E-state index contributed by atoms with van der Waals surface area (Å²) in [5, 5.41) is 0. The summed E-state index contributed by atoms with van der Waals surface area (Å²) in [5.74, 6) is 2.34. The summed E-state index contributed by atoms with van der Waals surface area (Å²) in [6.45, 7) is 2.96. The molecule has 0 radical (unpaired) electrons. The molecule has 3 aromatic rings. The topological polar surface area (TPSA) is 47.5 Å². The average molecular weight is 345 g/mol. The molecule has 5 heteroatoms. The van der Waals surface area contributed by atoms with Crippen molar-refractivity contribution >= 4 is 5.95 Å². The van der Waals surface area contributed by atoms with Crippen molar-refractivity contribution in [3.63, 3.8) is 0 Å². The highest BCUT2D eigenvalue weighted by atomic mass is 16.6. The van der Waals surface area contributed by atoms with Gasteiger partial charge in [-0.3, -0.25) is 0 Å². The minimum atomic E-state index is 0.582. The molecule has 0 fully saturated rings. The fraction of sp³-hybridized carbons (Fsp3) is 0.238. The minimum Gasteiger partial charge on any atom is -0.486 e. The Morgan fingerprint density at radius 3 is 2.65 bits per heavy atom. The van der Waals surface area contributed by atoms with Crippen LogP contribution in [-0.2, 0) is 13.0 Å². The van der Waals surface area contributed by atoms with Crippen LogP contribution in [0.1, 0.15) is 11.1 Å². The Balaban J connectivity index is 1.45. The lowest BCUT2D eigenvalue weighted by molar-refractivity contribution is 0.171. The van der Waals surface area contributed by atoms with Gasteiger partial charge in [-0.05, 0) is 41.8 Å². The number of aromatic nitrogens is 2. The predicted molar refractivity (Wildman–Crippen MR) is 99.7 cm³/mol. The van der Waals surface area contributed by atoms with Gasteiger partial charge in [0, 0.05) is 24.8 Å². The molecular weight excluding hydrogens is 326 g/mol. The van der Waals surface area contributed by atoms with E-state index in [0.717, 1.165) is 48.2 Å². The first-order chi connectivity index (χ1) is 12.9. The third-order valence-corrected chi connectivity index (χ3v) is 4.89. The summed E-state index contributed by atoms with van der Waals surface area (Å²) in [5.41, 5.74) is 4.68. The van der Waals surface area contributed by atoms with Crippen molar-refractivity contribution in [1.29, 1.82) is 0 Å². The predicted octanol–water partition coefficient (Wildman–Crippen LogP) is 3.48. The number of hydrogen-bond acceptors (Lipinski definition) is 5. The van der Waals surface area contributed by atoms with Crippen molar-refractivity contribution in [3.05, 3.63) is 65.9 Å². The molecule has 0 saturated carbocycles. The van der Waals surface area contributed by atoms with Gasteiger partial charge in [-0.1, -0.05) is 24.3 Å². The Hall–Kier alpha value is -3.08. The number of hydrogen-bond donors (Lipinski definition) is 0. The monoisotopic (exact) mass is 345 g/mol. The highest BCUT2D eigenvalue weighted by molar-refractivity contribution is 5.65. The van der Waals surface area contributed by atoms with Gasteiger partial charge in [-0.15, -0.1) is 0 Å². The van der Waals surface area contributed by atoms with Crippen LogP contribution in [0, 0.1) is 0 Å². The molecule has 0 aliphatic carbocycles. The van der Waals surface area contributed by atoms with Gasteiger partial charge in [0.1, 0.15) is 13.2 Å². The molecule has 3 heterocycles. The van der Waals surface area contributed by atoms with E-state index in [0.29, 0.717) is 13.2 Å². The lowest BCUT2D eigenvalue weighted by Gasteiger charge is -2.29. The van der Waals surface area contributed by atoms with E-state index in [-0.39, 0.29) is 0 Å². The van der Waals surface area contributed by atoms with Crippen LogP contribution < -0.4 is 14.4 Å². The first-order valence-corrected chi connectivity index (χ1v) is 8.92. The quantitative estimate of drug-likeness (QED) is 0.712. The molecule has 0 spiro atoms. The van der Waals surface area contributed by atoms with E-state index in [1.165, 1.54) is 11.1 Å². The molecule has 2 aliphatic rings. The number of fused-ring (bicyclic) bond motifs is 2. The van der Waals surface area contributed by atoms with Crippen molar-refractivity contribution in [2.45, 2.75) is 13.0 Å². The standard InChI is InChI=1S/C21H19N3O2/c1-2-4-17-14-24(10-8-15(17)3-1)21-22-9-7-18(23-21)16-5-6-19-20(13-16)26-12-11-25-19/h1-7,9,13H,8,10-12,14H2. The van der Waals surface area contributed by atoms with Gasteiger partial charge in [-0.25, -0.2) is 9.97 Å². The SMILES string of the molecule is c1ccc2c(c1)CCN(c1nccc(-c3ccc4c(c3)OCCO4)n1)C2. The second-order valence-electron chi connectivity index (χ2n) is 6.54. The minimum absolute atomic E-state index is 0.582. The highest BCUT2D eigenvalue weighted by Gasteiger charge is 2.19. The van der Waals surface area contributed by atoms with Crippen LogP contribution in [0.2, 0.25) is 0 Å². The maximum atomic E-state index is 5.69. The van der Waals surface area contributed by atoms with E-state index in [9.17, 15) is 0 Å². The third kappa shape index (κ3) is 2.75. The van der Waals surface area contributed by atoms with E-state index in [2.05, 4.69) is 34.1 Å². The van der Waals surface area contributed by atoms with Crippen LogP contribution in [0.3, 0.4) is 0 Å². The van der Waals surface area contributed by atoms with Gasteiger partial charge < -0.3 is 14.4 Å². The Bertz CT molecular complexity index is 957. The first-order valence-electron chi connectivity index (χ1n) is 8.92. The smallest absolute Gasteiger partial charge is 0.226 e. The molecule has 5 nitrogen and oxygen atoms in total. The van der Waals surface area contributed by atoms with Gasteiger partial charge in [0.25, 0.3) is 0 Å². The fourth-order valence-corrected chi connectivity index (χ4v) is 3.53. The first kappa shape index (κ1) is 15.2. The Morgan fingerprint density at radius 2 is 1.73 bits per heavy atom. The number of nitrogens with zero attached hydrogens (tertiary/aromatic N) is 3. The van der Waals surface area contributed by atoms with Gasteiger partial charge in [-0.2, -0.15) is 0 Å². The van der Waals surface area contributed by atoms with E-state index in [4.69, 9.17) is 14.5 Å². The highest BCUT2D eigenvalue weighted by Crippen LogP contribution is 2.34. The van der Waals surface area contributed by atoms with E-state index in [1.54, 1.807) is 0 Å². The number of rotatable bonds is 2. The second-order valence-corrected chi connectivity index (χ2v) is 6.54. The molecular formula is C21H19N3O2. The zero-order chi connectivity index (χ0) is 17.3. The molecule has 2 aromatic carbocycles. The molecule has 0 saturated heterocycles. The molecule has 0 unspecified atom stereocenters. The lowest BCUT2D eigenvalue weighted by atomic mass is 10.0. The van der Waals surface area contributed by atoms with Crippen LogP contribution in [0.4, 0.5) is 5.95 Å². The number of anilines is 1. The zero-order valence-electron chi connectivity index (χ0n) is 14.4. The molecule has 0 atom stereocenters. The average Bonchev–Trinajstić information content (AvgIpc) is 2.73. The Kier molecular flexibility index (Phi) is 3.70. The van der Waals surface area contributed by atoms with Crippen LogP contribution in [0.5, 0.6) is 11.5 Å². The van der Waals surface area contributed by atoms with Crippen molar-refractivity contribution in [2.75, 3.05) is 24.7 Å². The summed E-state index contributed by atoms with van der Waals surface area (Å²) < 4.78 is 11.3. The number of benzene rings is 2. The fourth-order valence-electron chi connectivity index (χ4n) is 3.53. The molecule has 0 N–H and O–H groups in total. The van der Waals surface area contributed by atoms with Crippen molar-refractivity contribution < 1.29 is 9.47 Å². The van der Waals surface area contributed by atoms with E-state index in [1.807, 2.05) is 30.5 Å². The summed E-state index contributed by atoms with van der Waals surface area (Å²) in [6.07, 6.45) is 2.85. The molecule has 2 aliphatic heterocycles. The zero-order valence-corrected chi connectivity index (χ0v) is 14.4. The van der Waals surface area contributed by atoms with Gasteiger partial charge in [0.2, 0.25) is 5.95 Å². The largest absolute Gasteiger partial charge is 0.486 e. The molecule has 1 aromatic heterocycles. The van der Waals surface area contributed by atoms with Crippen molar-refractivity contribution in [3.8, 4) is 22.8 Å². The van der Waals surface area contributed by atoms with E-state index < -0.39 is 0 Å². The molecule has 130 valence electrons. The van der Waals surface area contributed by atoms with Gasteiger partial charge >= 0.3 is 0 Å². The Labute approximate surface area is 152 Å². The van der Waals surface area contributed by atoms with Crippen LogP contribution >= 0.6 is 0 Å². The van der Waals surface area contributed by atoms with Gasteiger partial charge in [0.05, 0.1) is 5.69 Å².